The van der Waals surface area contributed by atoms with Crippen LogP contribution in [-0.4, -0.2) is 17.9 Å². The minimum absolute atomic E-state index is 0.0904. The second-order valence-corrected chi connectivity index (χ2v) is 3.99. The molecule has 2 rings (SSSR count). The Hall–Kier alpha value is -2.03. The standard InChI is InChI=1S/C14H15NO2/c1-15(11-13-8-5-9-17-13)14(16)10-12-6-3-2-4-7-12/h2-9H,10-11H2,1H3. The van der Waals surface area contributed by atoms with Crippen LogP contribution >= 0.6 is 0 Å². The minimum Gasteiger partial charge on any atom is -0.467 e. The van der Waals surface area contributed by atoms with E-state index in [1.165, 1.54) is 0 Å². The van der Waals surface area contributed by atoms with Gasteiger partial charge in [0, 0.05) is 7.05 Å². The quantitative estimate of drug-likeness (QED) is 0.807. The lowest BCUT2D eigenvalue weighted by Crippen LogP contribution is -2.27. The molecule has 0 atom stereocenters. The van der Waals surface area contributed by atoms with E-state index in [0.29, 0.717) is 13.0 Å². The SMILES string of the molecule is CN(Cc1ccco1)C(=O)Cc1ccccc1. The van der Waals surface area contributed by atoms with Crippen LogP contribution in [0.2, 0.25) is 0 Å². The molecule has 0 N–H and O–H groups in total. The van der Waals surface area contributed by atoms with Crippen LogP contribution in [0.1, 0.15) is 11.3 Å². The zero-order chi connectivity index (χ0) is 12.1. The number of benzene rings is 1. The number of furan rings is 1. The Labute approximate surface area is 101 Å². The van der Waals surface area contributed by atoms with Crippen LogP contribution in [0, 0.1) is 0 Å². The Balaban J connectivity index is 1.92. The van der Waals surface area contributed by atoms with Gasteiger partial charge in [0.1, 0.15) is 5.76 Å². The molecule has 0 fully saturated rings. The number of hydrogen-bond donors (Lipinski definition) is 0. The first-order valence-corrected chi connectivity index (χ1v) is 5.56. The van der Waals surface area contributed by atoms with Gasteiger partial charge >= 0.3 is 0 Å². The van der Waals surface area contributed by atoms with Crippen molar-refractivity contribution < 1.29 is 9.21 Å². The van der Waals surface area contributed by atoms with Crippen molar-refractivity contribution in [2.24, 2.45) is 0 Å². The van der Waals surface area contributed by atoms with Crippen molar-refractivity contribution in [3.8, 4) is 0 Å². The molecule has 0 saturated heterocycles. The molecule has 0 unspecified atom stereocenters. The third-order valence-electron chi connectivity index (χ3n) is 2.60. The molecule has 0 aliphatic rings. The molecule has 0 aliphatic carbocycles. The summed E-state index contributed by atoms with van der Waals surface area (Å²) in [6, 6.07) is 13.4. The van der Waals surface area contributed by atoms with Gasteiger partial charge in [0.25, 0.3) is 0 Å². The van der Waals surface area contributed by atoms with Crippen LogP contribution in [0.3, 0.4) is 0 Å². The van der Waals surface area contributed by atoms with Crippen LogP contribution in [-0.2, 0) is 17.8 Å². The molecule has 17 heavy (non-hydrogen) atoms. The summed E-state index contributed by atoms with van der Waals surface area (Å²) >= 11 is 0. The lowest BCUT2D eigenvalue weighted by Gasteiger charge is -2.15. The van der Waals surface area contributed by atoms with Crippen molar-refractivity contribution in [3.05, 3.63) is 60.1 Å². The zero-order valence-corrected chi connectivity index (χ0v) is 9.80. The largest absolute Gasteiger partial charge is 0.467 e. The maximum Gasteiger partial charge on any atom is 0.227 e. The highest BCUT2D eigenvalue weighted by Gasteiger charge is 2.10. The lowest BCUT2D eigenvalue weighted by molar-refractivity contribution is -0.129. The van der Waals surface area contributed by atoms with Crippen LogP contribution < -0.4 is 0 Å². The van der Waals surface area contributed by atoms with Crippen molar-refractivity contribution in [2.45, 2.75) is 13.0 Å². The highest BCUT2D eigenvalue weighted by molar-refractivity contribution is 5.78. The number of rotatable bonds is 4. The molecule has 0 bridgehead atoms. The predicted molar refractivity (Wildman–Crippen MR) is 65.3 cm³/mol. The van der Waals surface area contributed by atoms with Crippen molar-refractivity contribution >= 4 is 5.91 Å². The van der Waals surface area contributed by atoms with Gasteiger partial charge in [-0.05, 0) is 17.7 Å². The molecule has 0 spiro atoms. The molecule has 0 saturated carbocycles. The number of nitrogens with zero attached hydrogens (tertiary/aromatic N) is 1. The summed E-state index contributed by atoms with van der Waals surface area (Å²) in [6.07, 6.45) is 2.04. The Bertz CT molecular complexity index is 462. The van der Waals surface area contributed by atoms with Crippen molar-refractivity contribution in [3.63, 3.8) is 0 Å². The van der Waals surface area contributed by atoms with E-state index in [-0.39, 0.29) is 5.91 Å². The third-order valence-corrected chi connectivity index (χ3v) is 2.60. The maximum atomic E-state index is 11.9. The molecule has 1 aromatic carbocycles. The summed E-state index contributed by atoms with van der Waals surface area (Å²) in [6.45, 7) is 0.513. The molecule has 3 nitrogen and oxygen atoms in total. The fraction of sp³-hybridized carbons (Fsp3) is 0.214. The summed E-state index contributed by atoms with van der Waals surface area (Å²) < 4.78 is 5.21. The predicted octanol–water partition coefficient (Wildman–Crippen LogP) is 2.48. The van der Waals surface area contributed by atoms with E-state index < -0.39 is 0 Å². The number of hydrogen-bond acceptors (Lipinski definition) is 2. The first kappa shape index (κ1) is 11.5. The first-order valence-electron chi connectivity index (χ1n) is 5.56. The summed E-state index contributed by atoms with van der Waals surface area (Å²) in [5.41, 5.74) is 1.03. The van der Waals surface area contributed by atoms with E-state index in [0.717, 1.165) is 11.3 Å². The second-order valence-electron chi connectivity index (χ2n) is 3.99. The highest BCUT2D eigenvalue weighted by Crippen LogP contribution is 2.07. The fourth-order valence-corrected chi connectivity index (χ4v) is 1.63. The molecule has 3 heteroatoms. The van der Waals surface area contributed by atoms with Gasteiger partial charge in [0.05, 0.1) is 19.2 Å². The van der Waals surface area contributed by atoms with Crippen molar-refractivity contribution in [1.29, 1.82) is 0 Å². The van der Waals surface area contributed by atoms with Crippen LogP contribution in [0.15, 0.2) is 53.1 Å². The molecule has 1 amide bonds. The summed E-state index contributed by atoms with van der Waals surface area (Å²) in [4.78, 5) is 13.6. The van der Waals surface area contributed by atoms with Crippen LogP contribution in [0.25, 0.3) is 0 Å². The number of likely N-dealkylation sites (N-methyl/N-ethyl adjacent to an activating group) is 1. The van der Waals surface area contributed by atoms with Gasteiger partial charge < -0.3 is 9.32 Å². The maximum absolute atomic E-state index is 11.9. The third kappa shape index (κ3) is 3.21. The Kier molecular flexibility index (Phi) is 3.60. The highest BCUT2D eigenvalue weighted by atomic mass is 16.3. The normalized spacial score (nSPS) is 10.2. The fourth-order valence-electron chi connectivity index (χ4n) is 1.63. The van der Waals surface area contributed by atoms with E-state index in [1.807, 2.05) is 42.5 Å². The van der Waals surface area contributed by atoms with Crippen LogP contribution in [0.4, 0.5) is 0 Å². The lowest BCUT2D eigenvalue weighted by atomic mass is 10.1. The molecular formula is C14H15NO2. The van der Waals surface area contributed by atoms with E-state index in [4.69, 9.17) is 4.42 Å². The molecule has 0 aliphatic heterocycles. The van der Waals surface area contributed by atoms with Gasteiger partial charge in [-0.1, -0.05) is 30.3 Å². The van der Waals surface area contributed by atoms with E-state index in [9.17, 15) is 4.79 Å². The summed E-state index contributed by atoms with van der Waals surface area (Å²) in [5.74, 6) is 0.890. The molecule has 1 aromatic heterocycles. The summed E-state index contributed by atoms with van der Waals surface area (Å²) in [7, 11) is 1.79. The molecule has 2 aromatic rings. The number of carbonyl (C=O) groups excluding carboxylic acids is 1. The van der Waals surface area contributed by atoms with Crippen molar-refractivity contribution in [1.82, 2.24) is 4.90 Å². The van der Waals surface area contributed by atoms with Crippen LogP contribution in [0.5, 0.6) is 0 Å². The second kappa shape index (κ2) is 5.34. The van der Waals surface area contributed by atoms with E-state index in [2.05, 4.69) is 0 Å². The Morgan fingerprint density at radius 2 is 1.94 bits per heavy atom. The average Bonchev–Trinajstić information content (AvgIpc) is 2.83. The Morgan fingerprint density at radius 3 is 2.59 bits per heavy atom. The van der Waals surface area contributed by atoms with Gasteiger partial charge in [0.15, 0.2) is 0 Å². The van der Waals surface area contributed by atoms with Gasteiger partial charge in [-0.3, -0.25) is 4.79 Å². The Morgan fingerprint density at radius 1 is 1.18 bits per heavy atom. The summed E-state index contributed by atoms with van der Waals surface area (Å²) in [5, 5.41) is 0. The van der Waals surface area contributed by atoms with Gasteiger partial charge in [-0.2, -0.15) is 0 Å². The van der Waals surface area contributed by atoms with Crippen molar-refractivity contribution in [2.75, 3.05) is 7.05 Å². The molecular weight excluding hydrogens is 214 g/mol. The van der Waals surface area contributed by atoms with Gasteiger partial charge in [0.2, 0.25) is 5.91 Å². The molecule has 0 radical (unpaired) electrons. The van der Waals surface area contributed by atoms with Gasteiger partial charge in [-0.15, -0.1) is 0 Å². The minimum atomic E-state index is 0.0904. The van der Waals surface area contributed by atoms with E-state index in [1.54, 1.807) is 18.2 Å². The average molecular weight is 229 g/mol. The first-order chi connectivity index (χ1) is 8.25. The zero-order valence-electron chi connectivity index (χ0n) is 9.80. The topological polar surface area (TPSA) is 33.5 Å². The molecule has 88 valence electrons. The van der Waals surface area contributed by atoms with E-state index >= 15 is 0 Å². The monoisotopic (exact) mass is 229 g/mol. The number of amides is 1. The van der Waals surface area contributed by atoms with Gasteiger partial charge in [-0.25, -0.2) is 0 Å². The number of carbonyl (C=O) groups is 1. The molecule has 1 heterocycles. The smallest absolute Gasteiger partial charge is 0.227 e.